The van der Waals surface area contributed by atoms with Crippen molar-refractivity contribution in [3.63, 3.8) is 0 Å². The summed E-state index contributed by atoms with van der Waals surface area (Å²) in [6.45, 7) is 1.99. The summed E-state index contributed by atoms with van der Waals surface area (Å²) in [6, 6.07) is 18.6. The molecule has 3 rings (SSSR count). The van der Waals surface area contributed by atoms with Gasteiger partial charge in [-0.3, -0.25) is 4.79 Å². The number of furan rings is 1. The number of benzene rings is 2. The van der Waals surface area contributed by atoms with Crippen LogP contribution in [0.4, 0.5) is 0 Å². The molecule has 0 unspecified atom stereocenters. The Morgan fingerprint density at radius 1 is 0.957 bits per heavy atom. The van der Waals surface area contributed by atoms with Crippen LogP contribution < -0.4 is 0 Å². The summed E-state index contributed by atoms with van der Waals surface area (Å²) in [5.41, 5.74) is 2.74. The van der Waals surface area contributed by atoms with Crippen molar-refractivity contribution in [3.05, 3.63) is 88.6 Å². The van der Waals surface area contributed by atoms with E-state index in [0.717, 1.165) is 16.9 Å². The molecule has 0 atom stereocenters. The van der Waals surface area contributed by atoms with Crippen LogP contribution in [0.25, 0.3) is 17.4 Å². The molecule has 0 amide bonds. The van der Waals surface area contributed by atoms with Gasteiger partial charge in [-0.25, -0.2) is 0 Å². The molecule has 3 heteroatoms. The monoisotopic (exact) mass is 322 g/mol. The zero-order chi connectivity index (χ0) is 16.2. The third kappa shape index (κ3) is 3.79. The van der Waals surface area contributed by atoms with E-state index in [1.165, 1.54) is 6.08 Å². The molecule has 1 heterocycles. The smallest absolute Gasteiger partial charge is 0.185 e. The van der Waals surface area contributed by atoms with Crippen molar-refractivity contribution < 1.29 is 9.21 Å². The predicted molar refractivity (Wildman–Crippen MR) is 93.7 cm³/mol. The highest BCUT2D eigenvalue weighted by Crippen LogP contribution is 2.24. The highest BCUT2D eigenvalue weighted by molar-refractivity contribution is 6.30. The molecule has 0 N–H and O–H groups in total. The largest absolute Gasteiger partial charge is 0.457 e. The Bertz CT molecular complexity index is 840. The van der Waals surface area contributed by atoms with Gasteiger partial charge < -0.3 is 4.42 Å². The molecule has 114 valence electrons. The molecule has 3 aromatic rings. The third-order valence-corrected chi connectivity index (χ3v) is 3.74. The second kappa shape index (κ2) is 6.67. The quantitative estimate of drug-likeness (QED) is 0.448. The number of hydrogen-bond acceptors (Lipinski definition) is 2. The van der Waals surface area contributed by atoms with Crippen molar-refractivity contribution in [2.24, 2.45) is 0 Å². The fourth-order valence-corrected chi connectivity index (χ4v) is 2.31. The number of carbonyl (C=O) groups is 1. The van der Waals surface area contributed by atoms with Crippen LogP contribution in [0.3, 0.4) is 0 Å². The molecule has 0 aliphatic carbocycles. The van der Waals surface area contributed by atoms with E-state index in [-0.39, 0.29) is 5.78 Å². The second-order valence-corrected chi connectivity index (χ2v) is 5.71. The maximum absolute atomic E-state index is 12.1. The Balaban J connectivity index is 1.74. The van der Waals surface area contributed by atoms with Gasteiger partial charge in [-0.1, -0.05) is 41.4 Å². The number of aryl methyl sites for hydroxylation is 1. The van der Waals surface area contributed by atoms with E-state index in [4.69, 9.17) is 16.0 Å². The first-order chi connectivity index (χ1) is 11.1. The Morgan fingerprint density at radius 3 is 2.35 bits per heavy atom. The highest BCUT2D eigenvalue weighted by atomic mass is 35.5. The average molecular weight is 323 g/mol. The van der Waals surface area contributed by atoms with Gasteiger partial charge >= 0.3 is 0 Å². The standard InChI is InChI=1S/C20H15ClO2/c1-14-2-4-15(5-3-14)19(22)12-10-18-11-13-20(23-18)16-6-8-17(21)9-7-16/h2-13H,1H3/b12-10+. The lowest BCUT2D eigenvalue weighted by atomic mass is 10.1. The first-order valence-electron chi connectivity index (χ1n) is 7.27. The fraction of sp³-hybridized carbons (Fsp3) is 0.0500. The third-order valence-electron chi connectivity index (χ3n) is 3.49. The lowest BCUT2D eigenvalue weighted by Crippen LogP contribution is -1.93. The number of allylic oxidation sites excluding steroid dienone is 1. The van der Waals surface area contributed by atoms with Gasteiger partial charge in [0.25, 0.3) is 0 Å². The van der Waals surface area contributed by atoms with Crippen LogP contribution in [-0.2, 0) is 0 Å². The maximum atomic E-state index is 12.1. The van der Waals surface area contributed by atoms with E-state index < -0.39 is 0 Å². The minimum Gasteiger partial charge on any atom is -0.457 e. The molecule has 0 fully saturated rings. The number of carbonyl (C=O) groups excluding carboxylic acids is 1. The molecular weight excluding hydrogens is 308 g/mol. The van der Waals surface area contributed by atoms with Gasteiger partial charge in [-0.05, 0) is 55.5 Å². The molecular formula is C20H15ClO2. The molecule has 0 aliphatic rings. The number of ketones is 1. The zero-order valence-electron chi connectivity index (χ0n) is 12.6. The van der Waals surface area contributed by atoms with Gasteiger partial charge in [0.05, 0.1) is 0 Å². The number of halogens is 1. The van der Waals surface area contributed by atoms with E-state index in [0.29, 0.717) is 16.3 Å². The summed E-state index contributed by atoms with van der Waals surface area (Å²) in [6.07, 6.45) is 3.21. The number of hydrogen-bond donors (Lipinski definition) is 0. The van der Waals surface area contributed by atoms with Gasteiger partial charge in [0.1, 0.15) is 11.5 Å². The van der Waals surface area contributed by atoms with E-state index in [2.05, 4.69) is 0 Å². The van der Waals surface area contributed by atoms with Crippen molar-refractivity contribution in [1.29, 1.82) is 0 Å². The highest BCUT2D eigenvalue weighted by Gasteiger charge is 2.04. The van der Waals surface area contributed by atoms with Crippen LogP contribution in [-0.4, -0.2) is 5.78 Å². The topological polar surface area (TPSA) is 30.2 Å². The first kappa shape index (κ1) is 15.3. The van der Waals surface area contributed by atoms with Crippen molar-refractivity contribution in [2.75, 3.05) is 0 Å². The van der Waals surface area contributed by atoms with Crippen molar-refractivity contribution in [1.82, 2.24) is 0 Å². The summed E-state index contributed by atoms with van der Waals surface area (Å²) in [4.78, 5) is 12.1. The molecule has 0 spiro atoms. The molecule has 1 aromatic heterocycles. The lowest BCUT2D eigenvalue weighted by Gasteiger charge is -1.97. The second-order valence-electron chi connectivity index (χ2n) is 5.27. The lowest BCUT2D eigenvalue weighted by molar-refractivity contribution is 0.104. The molecule has 23 heavy (non-hydrogen) atoms. The molecule has 0 radical (unpaired) electrons. The van der Waals surface area contributed by atoms with Crippen molar-refractivity contribution in [3.8, 4) is 11.3 Å². The van der Waals surface area contributed by atoms with Crippen LogP contribution in [0.15, 0.2) is 71.2 Å². The minimum atomic E-state index is -0.0468. The maximum Gasteiger partial charge on any atom is 0.185 e. The van der Waals surface area contributed by atoms with E-state index in [9.17, 15) is 4.79 Å². The summed E-state index contributed by atoms with van der Waals surface area (Å²) < 4.78 is 5.73. The van der Waals surface area contributed by atoms with Gasteiger partial charge in [0.15, 0.2) is 5.78 Å². The first-order valence-corrected chi connectivity index (χ1v) is 7.64. The average Bonchev–Trinajstić information content (AvgIpc) is 3.03. The molecule has 0 bridgehead atoms. The van der Waals surface area contributed by atoms with Crippen LogP contribution in [0.2, 0.25) is 5.02 Å². The van der Waals surface area contributed by atoms with Crippen LogP contribution in [0.1, 0.15) is 21.7 Å². The SMILES string of the molecule is Cc1ccc(C(=O)/C=C/c2ccc(-c3ccc(Cl)cc3)o2)cc1. The normalized spacial score (nSPS) is 11.0. The Morgan fingerprint density at radius 2 is 1.65 bits per heavy atom. The van der Waals surface area contributed by atoms with Crippen LogP contribution in [0.5, 0.6) is 0 Å². The Kier molecular flexibility index (Phi) is 4.45. The van der Waals surface area contributed by atoms with E-state index in [1.807, 2.05) is 67.6 Å². The van der Waals surface area contributed by atoms with E-state index >= 15 is 0 Å². The minimum absolute atomic E-state index is 0.0468. The summed E-state index contributed by atoms with van der Waals surface area (Å²) in [7, 11) is 0. The summed E-state index contributed by atoms with van der Waals surface area (Å²) in [5, 5.41) is 0.684. The van der Waals surface area contributed by atoms with Crippen LogP contribution >= 0.6 is 11.6 Å². The summed E-state index contributed by atoms with van der Waals surface area (Å²) >= 11 is 5.88. The van der Waals surface area contributed by atoms with Gasteiger partial charge in [0.2, 0.25) is 0 Å². The predicted octanol–water partition coefficient (Wildman–Crippen LogP) is 5.80. The molecule has 2 nitrogen and oxygen atoms in total. The molecule has 0 saturated heterocycles. The van der Waals surface area contributed by atoms with Gasteiger partial charge in [-0.2, -0.15) is 0 Å². The Hall–Kier alpha value is -2.58. The zero-order valence-corrected chi connectivity index (χ0v) is 13.4. The molecule has 0 saturated carbocycles. The fourth-order valence-electron chi connectivity index (χ4n) is 2.18. The Labute approximate surface area is 140 Å². The van der Waals surface area contributed by atoms with Gasteiger partial charge in [0, 0.05) is 16.1 Å². The molecule has 2 aromatic carbocycles. The van der Waals surface area contributed by atoms with Crippen LogP contribution in [0, 0.1) is 6.92 Å². The molecule has 0 aliphatic heterocycles. The number of rotatable bonds is 4. The van der Waals surface area contributed by atoms with Crippen molar-refractivity contribution >= 4 is 23.5 Å². The van der Waals surface area contributed by atoms with Crippen molar-refractivity contribution in [2.45, 2.75) is 6.92 Å². The van der Waals surface area contributed by atoms with E-state index in [1.54, 1.807) is 6.08 Å². The van der Waals surface area contributed by atoms with Gasteiger partial charge in [-0.15, -0.1) is 0 Å². The summed E-state index contributed by atoms with van der Waals surface area (Å²) in [5.74, 6) is 1.33.